The molecule has 1 unspecified atom stereocenters. The lowest BCUT2D eigenvalue weighted by Crippen LogP contribution is -2.06. The number of anilines is 1. The normalized spacial score (nSPS) is 12.5. The van der Waals surface area contributed by atoms with Crippen molar-refractivity contribution in [3.05, 3.63) is 21.9 Å². The minimum absolute atomic E-state index is 0.324. The Bertz CT molecular complexity index is 334. The van der Waals surface area contributed by atoms with Gasteiger partial charge in [-0.2, -0.15) is 0 Å². The smallest absolute Gasteiger partial charge is 0.153 e. The lowest BCUT2D eigenvalue weighted by Gasteiger charge is -2.05. The molecule has 0 aliphatic heterocycles. The Hall–Kier alpha value is -0.130. The molecule has 0 amide bonds. The van der Waals surface area contributed by atoms with Gasteiger partial charge in [0.2, 0.25) is 0 Å². The summed E-state index contributed by atoms with van der Waals surface area (Å²) in [6.07, 6.45) is 1.59. The van der Waals surface area contributed by atoms with Crippen LogP contribution in [0.1, 0.15) is 6.92 Å². The van der Waals surface area contributed by atoms with Crippen LogP contribution < -0.4 is 4.72 Å². The molecule has 0 spiro atoms. The molecule has 0 aromatic carbocycles. The summed E-state index contributed by atoms with van der Waals surface area (Å²) >= 11 is 9.02. The molecule has 3 nitrogen and oxygen atoms in total. The molecule has 1 atom stereocenters. The van der Waals surface area contributed by atoms with Gasteiger partial charge in [0.05, 0.1) is 5.69 Å². The van der Waals surface area contributed by atoms with E-state index in [1.807, 2.05) is 6.92 Å². The van der Waals surface area contributed by atoms with Gasteiger partial charge in [0, 0.05) is 16.4 Å². The quantitative estimate of drug-likeness (QED) is 0.867. The van der Waals surface area contributed by atoms with Crippen molar-refractivity contribution < 1.29 is 4.21 Å². The topological polar surface area (TPSA) is 42.0 Å². The van der Waals surface area contributed by atoms with Crippen LogP contribution in [-0.2, 0) is 11.0 Å². The van der Waals surface area contributed by atoms with Gasteiger partial charge in [-0.1, -0.05) is 18.5 Å². The maximum atomic E-state index is 11.1. The predicted molar refractivity (Wildman–Crippen MR) is 59.3 cm³/mol. The zero-order chi connectivity index (χ0) is 9.84. The highest BCUT2D eigenvalue weighted by Gasteiger charge is 2.04. The molecule has 0 radical (unpaired) electrons. The number of hydrogen-bond acceptors (Lipinski definition) is 2. The molecular formula is C7H8BrClN2OS. The van der Waals surface area contributed by atoms with Crippen LogP contribution in [0.3, 0.4) is 0 Å². The molecule has 0 aliphatic carbocycles. The van der Waals surface area contributed by atoms with E-state index < -0.39 is 11.0 Å². The van der Waals surface area contributed by atoms with Crippen molar-refractivity contribution in [2.75, 3.05) is 10.5 Å². The highest BCUT2D eigenvalue weighted by atomic mass is 79.9. The van der Waals surface area contributed by atoms with Gasteiger partial charge in [-0.15, -0.1) is 0 Å². The fourth-order valence-corrected chi connectivity index (χ4v) is 1.77. The first-order valence-electron chi connectivity index (χ1n) is 3.59. The van der Waals surface area contributed by atoms with Crippen LogP contribution in [0.5, 0.6) is 0 Å². The number of aromatic nitrogens is 1. The lowest BCUT2D eigenvalue weighted by molar-refractivity contribution is 0.687. The van der Waals surface area contributed by atoms with Crippen LogP contribution in [0.2, 0.25) is 5.15 Å². The lowest BCUT2D eigenvalue weighted by atomic mass is 10.4. The Morgan fingerprint density at radius 1 is 1.77 bits per heavy atom. The van der Waals surface area contributed by atoms with Gasteiger partial charge in [-0.05, 0) is 22.0 Å². The van der Waals surface area contributed by atoms with E-state index in [-0.39, 0.29) is 0 Å². The number of rotatable bonds is 3. The minimum Gasteiger partial charge on any atom is -0.302 e. The Balaban J connectivity index is 2.87. The molecule has 0 aliphatic rings. The Labute approximate surface area is 92.6 Å². The Morgan fingerprint density at radius 2 is 2.46 bits per heavy atom. The maximum absolute atomic E-state index is 11.1. The van der Waals surface area contributed by atoms with Crippen LogP contribution in [-0.4, -0.2) is 14.9 Å². The van der Waals surface area contributed by atoms with E-state index >= 15 is 0 Å². The van der Waals surface area contributed by atoms with E-state index in [0.29, 0.717) is 16.6 Å². The van der Waals surface area contributed by atoms with Gasteiger partial charge in [-0.25, -0.2) is 9.19 Å². The van der Waals surface area contributed by atoms with Crippen LogP contribution in [0.4, 0.5) is 5.69 Å². The van der Waals surface area contributed by atoms with Crippen LogP contribution >= 0.6 is 27.5 Å². The molecule has 0 bridgehead atoms. The number of pyridine rings is 1. The van der Waals surface area contributed by atoms with Crippen LogP contribution in [0.25, 0.3) is 0 Å². The first kappa shape index (κ1) is 10.9. The summed E-state index contributed by atoms with van der Waals surface area (Å²) in [6.45, 7) is 1.82. The second kappa shape index (κ2) is 4.93. The number of halogens is 2. The van der Waals surface area contributed by atoms with Crippen molar-refractivity contribution in [1.29, 1.82) is 0 Å². The summed E-state index contributed by atoms with van der Waals surface area (Å²) in [6, 6.07) is 1.74. The second-order valence-corrected chi connectivity index (χ2v) is 4.97. The summed E-state index contributed by atoms with van der Waals surface area (Å²) in [5.41, 5.74) is 0.580. The van der Waals surface area contributed by atoms with Crippen molar-refractivity contribution >= 4 is 44.2 Å². The molecule has 72 valence electrons. The van der Waals surface area contributed by atoms with Crippen molar-refractivity contribution in [3.8, 4) is 0 Å². The third-order valence-corrected chi connectivity index (χ3v) is 3.00. The molecule has 1 rings (SSSR count). The highest BCUT2D eigenvalue weighted by molar-refractivity contribution is 9.10. The van der Waals surface area contributed by atoms with Gasteiger partial charge >= 0.3 is 0 Å². The first-order valence-corrected chi connectivity index (χ1v) is 6.08. The summed E-state index contributed by atoms with van der Waals surface area (Å²) in [5, 5.41) is 0.324. The molecule has 0 fully saturated rings. The maximum Gasteiger partial charge on any atom is 0.153 e. The average Bonchev–Trinajstić information content (AvgIpc) is 2.11. The number of nitrogens with zero attached hydrogens (tertiary/aromatic N) is 1. The summed E-state index contributed by atoms with van der Waals surface area (Å²) in [4.78, 5) is 3.89. The van der Waals surface area contributed by atoms with Crippen molar-refractivity contribution in [3.63, 3.8) is 0 Å². The molecular weight excluding hydrogens is 276 g/mol. The summed E-state index contributed by atoms with van der Waals surface area (Å²) < 4.78 is 14.7. The Kier molecular flexibility index (Phi) is 4.15. The van der Waals surface area contributed by atoms with E-state index in [1.54, 1.807) is 12.3 Å². The highest BCUT2D eigenvalue weighted by Crippen LogP contribution is 2.23. The number of nitrogens with one attached hydrogen (secondary N) is 1. The van der Waals surface area contributed by atoms with Crippen molar-refractivity contribution in [1.82, 2.24) is 4.98 Å². The van der Waals surface area contributed by atoms with Crippen LogP contribution in [0.15, 0.2) is 16.7 Å². The standard InChI is InChI=1S/C7H8BrClN2OS/c1-2-13(12)11-6-3-5(8)4-10-7(6)9/h3-4,11H,2H2,1H3. The van der Waals surface area contributed by atoms with E-state index in [4.69, 9.17) is 11.6 Å². The largest absolute Gasteiger partial charge is 0.302 e. The first-order chi connectivity index (χ1) is 6.13. The SMILES string of the molecule is CCS(=O)Nc1cc(Br)cnc1Cl. The molecule has 1 N–H and O–H groups in total. The van der Waals surface area contributed by atoms with E-state index in [9.17, 15) is 4.21 Å². The monoisotopic (exact) mass is 282 g/mol. The van der Waals surface area contributed by atoms with Gasteiger partial charge in [-0.3, -0.25) is 0 Å². The molecule has 1 aromatic rings. The Morgan fingerprint density at radius 3 is 3.08 bits per heavy atom. The van der Waals surface area contributed by atoms with E-state index in [0.717, 1.165) is 4.47 Å². The summed E-state index contributed by atoms with van der Waals surface area (Å²) in [7, 11) is -1.09. The van der Waals surface area contributed by atoms with E-state index in [2.05, 4.69) is 25.6 Å². The zero-order valence-corrected chi connectivity index (χ0v) is 10.0. The minimum atomic E-state index is -1.09. The van der Waals surface area contributed by atoms with Gasteiger partial charge in [0.1, 0.15) is 11.0 Å². The third kappa shape index (κ3) is 3.25. The molecule has 1 heterocycles. The van der Waals surface area contributed by atoms with Gasteiger partial charge in [0.25, 0.3) is 0 Å². The summed E-state index contributed by atoms with van der Waals surface area (Å²) in [5.74, 6) is 0.531. The zero-order valence-electron chi connectivity index (χ0n) is 6.88. The predicted octanol–water partition coefficient (Wildman–Crippen LogP) is 2.59. The fraction of sp³-hybridized carbons (Fsp3) is 0.286. The van der Waals surface area contributed by atoms with Crippen LogP contribution in [0, 0.1) is 0 Å². The average molecular weight is 284 g/mol. The number of hydrogen-bond donors (Lipinski definition) is 1. The van der Waals surface area contributed by atoms with Gasteiger partial charge in [0.15, 0.2) is 5.15 Å². The van der Waals surface area contributed by atoms with Gasteiger partial charge < -0.3 is 4.72 Å². The third-order valence-electron chi connectivity index (χ3n) is 1.29. The van der Waals surface area contributed by atoms with Crippen molar-refractivity contribution in [2.45, 2.75) is 6.92 Å². The molecule has 0 saturated carbocycles. The van der Waals surface area contributed by atoms with Crippen molar-refractivity contribution in [2.24, 2.45) is 0 Å². The second-order valence-electron chi connectivity index (χ2n) is 2.23. The molecule has 0 saturated heterocycles. The van der Waals surface area contributed by atoms with E-state index in [1.165, 1.54) is 0 Å². The molecule has 1 aromatic heterocycles. The molecule has 6 heteroatoms. The fourth-order valence-electron chi connectivity index (χ4n) is 0.689. The molecule has 13 heavy (non-hydrogen) atoms.